The van der Waals surface area contributed by atoms with Crippen LogP contribution in [0, 0.1) is 11.3 Å². The summed E-state index contributed by atoms with van der Waals surface area (Å²) in [6, 6.07) is 0. The Bertz CT molecular complexity index is 514. The number of rotatable bonds is 2. The molecule has 3 aliphatic rings. The molecule has 0 saturated heterocycles. The van der Waals surface area contributed by atoms with E-state index in [2.05, 4.69) is 18.2 Å². The van der Waals surface area contributed by atoms with Crippen LogP contribution in [-0.4, -0.2) is 25.7 Å². The third-order valence-corrected chi connectivity index (χ3v) is 7.23. The first-order valence-corrected chi connectivity index (χ1v) is 9.85. The minimum atomic E-state index is -3.34. The summed E-state index contributed by atoms with van der Waals surface area (Å²) in [5.41, 5.74) is 0.437. The molecular weight excluding hydrogens is 286 g/mol. The highest BCUT2D eigenvalue weighted by molar-refractivity contribution is 7.91. The van der Waals surface area contributed by atoms with Gasteiger partial charge in [-0.1, -0.05) is 20.3 Å². The second kappa shape index (κ2) is 5.56. The van der Waals surface area contributed by atoms with Crippen molar-refractivity contribution in [2.45, 2.75) is 83.0 Å². The standard InChI is InChI=1S/C16H27NO3S/c1-16(2)9-7-12(8-10-16)11-15-17-21(18,19)14-6-4-3-5-13(14)20-15/h12-14H,3-11H2,1-2H3. The van der Waals surface area contributed by atoms with Crippen molar-refractivity contribution in [1.29, 1.82) is 0 Å². The molecule has 0 radical (unpaired) electrons. The molecule has 2 saturated carbocycles. The monoisotopic (exact) mass is 313 g/mol. The van der Waals surface area contributed by atoms with Crippen molar-refractivity contribution < 1.29 is 13.2 Å². The molecule has 2 aliphatic carbocycles. The van der Waals surface area contributed by atoms with Crippen molar-refractivity contribution in [3.8, 4) is 0 Å². The molecular formula is C16H27NO3S. The third kappa shape index (κ3) is 3.43. The molecule has 0 bridgehead atoms. The Hall–Kier alpha value is -0.580. The molecule has 3 rings (SSSR count). The van der Waals surface area contributed by atoms with Gasteiger partial charge in [-0.05, 0) is 56.3 Å². The number of fused-ring (bicyclic) bond motifs is 1. The van der Waals surface area contributed by atoms with Crippen LogP contribution >= 0.6 is 0 Å². The van der Waals surface area contributed by atoms with Crippen LogP contribution in [0.25, 0.3) is 0 Å². The Balaban J connectivity index is 1.67. The van der Waals surface area contributed by atoms with Gasteiger partial charge in [-0.15, -0.1) is 4.40 Å². The second-order valence-electron chi connectivity index (χ2n) is 7.79. The van der Waals surface area contributed by atoms with Crippen LogP contribution in [-0.2, 0) is 14.8 Å². The van der Waals surface area contributed by atoms with Gasteiger partial charge >= 0.3 is 0 Å². The molecule has 5 heteroatoms. The van der Waals surface area contributed by atoms with E-state index in [0.29, 0.717) is 30.1 Å². The molecule has 2 unspecified atom stereocenters. The van der Waals surface area contributed by atoms with Gasteiger partial charge in [-0.2, -0.15) is 0 Å². The molecule has 0 N–H and O–H groups in total. The molecule has 2 fully saturated rings. The van der Waals surface area contributed by atoms with E-state index in [1.807, 2.05) is 0 Å². The third-order valence-electron chi connectivity index (χ3n) is 5.46. The Morgan fingerprint density at radius 1 is 1.14 bits per heavy atom. The summed E-state index contributed by atoms with van der Waals surface area (Å²) in [4.78, 5) is 0. The minimum Gasteiger partial charge on any atom is -0.475 e. The van der Waals surface area contributed by atoms with Gasteiger partial charge in [0.1, 0.15) is 11.4 Å². The van der Waals surface area contributed by atoms with E-state index in [9.17, 15) is 8.42 Å². The average Bonchev–Trinajstić information content (AvgIpc) is 2.41. The first-order valence-electron chi connectivity index (χ1n) is 8.35. The molecule has 0 spiro atoms. The van der Waals surface area contributed by atoms with Crippen LogP contribution in [0.1, 0.15) is 71.6 Å². The fourth-order valence-corrected chi connectivity index (χ4v) is 5.52. The topological polar surface area (TPSA) is 55.7 Å². The fraction of sp³-hybridized carbons (Fsp3) is 0.938. The van der Waals surface area contributed by atoms with Gasteiger partial charge in [0.05, 0.1) is 0 Å². The van der Waals surface area contributed by atoms with Crippen LogP contribution in [0.15, 0.2) is 4.40 Å². The molecule has 0 aromatic carbocycles. The molecule has 0 aromatic heterocycles. The summed E-state index contributed by atoms with van der Waals surface area (Å²) in [6.45, 7) is 4.63. The van der Waals surface area contributed by atoms with Gasteiger partial charge in [-0.25, -0.2) is 8.42 Å². The van der Waals surface area contributed by atoms with Crippen LogP contribution < -0.4 is 0 Å². The lowest BCUT2D eigenvalue weighted by Crippen LogP contribution is -2.43. The molecule has 21 heavy (non-hydrogen) atoms. The molecule has 1 heterocycles. The lowest BCUT2D eigenvalue weighted by Gasteiger charge is -2.37. The zero-order valence-electron chi connectivity index (χ0n) is 13.2. The predicted molar refractivity (Wildman–Crippen MR) is 83.8 cm³/mol. The zero-order chi connectivity index (χ0) is 15.1. The minimum absolute atomic E-state index is 0.142. The number of hydrogen-bond acceptors (Lipinski definition) is 3. The van der Waals surface area contributed by atoms with Crippen molar-refractivity contribution in [1.82, 2.24) is 0 Å². The first kappa shape index (κ1) is 15.3. The van der Waals surface area contributed by atoms with Gasteiger partial charge in [0, 0.05) is 6.42 Å². The first-order chi connectivity index (χ1) is 9.86. The number of hydrogen-bond donors (Lipinski definition) is 0. The largest absolute Gasteiger partial charge is 0.475 e. The molecule has 4 nitrogen and oxygen atoms in total. The van der Waals surface area contributed by atoms with Crippen LogP contribution in [0.3, 0.4) is 0 Å². The van der Waals surface area contributed by atoms with E-state index in [1.54, 1.807) is 0 Å². The molecule has 1 aliphatic heterocycles. The Morgan fingerprint density at radius 2 is 1.81 bits per heavy atom. The molecule has 0 aromatic rings. The van der Waals surface area contributed by atoms with Crippen molar-refractivity contribution in [2.24, 2.45) is 15.7 Å². The lowest BCUT2D eigenvalue weighted by atomic mass is 9.72. The molecule has 0 amide bonds. The van der Waals surface area contributed by atoms with Gasteiger partial charge < -0.3 is 4.74 Å². The van der Waals surface area contributed by atoms with Crippen LogP contribution in [0.2, 0.25) is 0 Å². The maximum atomic E-state index is 12.3. The van der Waals surface area contributed by atoms with Gasteiger partial charge in [0.25, 0.3) is 10.0 Å². The van der Waals surface area contributed by atoms with Gasteiger partial charge in [-0.3, -0.25) is 0 Å². The van der Waals surface area contributed by atoms with E-state index in [0.717, 1.165) is 32.1 Å². The SMILES string of the molecule is CC1(C)CCC(CC2=NS(=O)(=O)C3CCCCC3O2)CC1. The summed E-state index contributed by atoms with van der Waals surface area (Å²) in [7, 11) is -3.34. The Labute approximate surface area is 128 Å². The highest BCUT2D eigenvalue weighted by Gasteiger charge is 2.41. The summed E-state index contributed by atoms with van der Waals surface area (Å²) < 4.78 is 34.6. The Morgan fingerprint density at radius 3 is 2.52 bits per heavy atom. The summed E-state index contributed by atoms with van der Waals surface area (Å²) in [5, 5.41) is -0.389. The number of ether oxygens (including phenoxy) is 1. The van der Waals surface area contributed by atoms with E-state index in [1.165, 1.54) is 12.8 Å². The second-order valence-corrected chi connectivity index (χ2v) is 9.61. The van der Waals surface area contributed by atoms with E-state index in [-0.39, 0.29) is 11.4 Å². The number of sulfonamides is 1. The maximum absolute atomic E-state index is 12.3. The maximum Gasteiger partial charge on any atom is 0.262 e. The van der Waals surface area contributed by atoms with E-state index >= 15 is 0 Å². The quantitative estimate of drug-likeness (QED) is 0.781. The van der Waals surface area contributed by atoms with Gasteiger partial charge in [0.15, 0.2) is 0 Å². The highest BCUT2D eigenvalue weighted by atomic mass is 32.2. The fourth-order valence-electron chi connectivity index (χ4n) is 3.94. The summed E-state index contributed by atoms with van der Waals surface area (Å²) in [6.07, 6.45) is 8.92. The van der Waals surface area contributed by atoms with E-state index < -0.39 is 10.0 Å². The van der Waals surface area contributed by atoms with Crippen LogP contribution in [0.4, 0.5) is 0 Å². The van der Waals surface area contributed by atoms with Crippen molar-refractivity contribution >= 4 is 15.9 Å². The van der Waals surface area contributed by atoms with Crippen molar-refractivity contribution in [3.05, 3.63) is 0 Å². The summed E-state index contributed by atoms with van der Waals surface area (Å²) >= 11 is 0. The number of nitrogens with zero attached hydrogens (tertiary/aromatic N) is 1. The van der Waals surface area contributed by atoms with E-state index in [4.69, 9.17) is 4.74 Å². The highest BCUT2D eigenvalue weighted by Crippen LogP contribution is 2.40. The Kier molecular flexibility index (Phi) is 4.06. The van der Waals surface area contributed by atoms with Gasteiger partial charge in [0.2, 0.25) is 5.90 Å². The van der Waals surface area contributed by atoms with Crippen molar-refractivity contribution in [3.63, 3.8) is 0 Å². The average molecular weight is 313 g/mol. The lowest BCUT2D eigenvalue weighted by molar-refractivity contribution is 0.127. The van der Waals surface area contributed by atoms with Crippen molar-refractivity contribution in [2.75, 3.05) is 0 Å². The molecule has 2 atom stereocenters. The zero-order valence-corrected chi connectivity index (χ0v) is 14.0. The normalized spacial score (nSPS) is 35.4. The smallest absolute Gasteiger partial charge is 0.262 e. The molecule has 120 valence electrons. The van der Waals surface area contributed by atoms with Crippen LogP contribution in [0.5, 0.6) is 0 Å². The predicted octanol–water partition coefficient (Wildman–Crippen LogP) is 3.66. The summed E-state index contributed by atoms with van der Waals surface area (Å²) in [5.74, 6) is 1.02.